The highest BCUT2D eigenvalue weighted by molar-refractivity contribution is 6.06. The van der Waals surface area contributed by atoms with E-state index in [9.17, 15) is 9.59 Å². The van der Waals surface area contributed by atoms with Gasteiger partial charge in [-0.3, -0.25) is 9.59 Å². The van der Waals surface area contributed by atoms with Gasteiger partial charge in [-0.05, 0) is 66.8 Å². The van der Waals surface area contributed by atoms with Gasteiger partial charge in [0.2, 0.25) is 5.91 Å². The number of benzene rings is 2. The zero-order valence-electron chi connectivity index (χ0n) is 19.0. The molecule has 2 atom stereocenters. The van der Waals surface area contributed by atoms with Gasteiger partial charge in [0, 0.05) is 26.1 Å². The maximum Gasteiger partial charge on any atom is 0.256 e. The van der Waals surface area contributed by atoms with Gasteiger partial charge in [-0.2, -0.15) is 5.26 Å². The van der Waals surface area contributed by atoms with Gasteiger partial charge in [-0.25, -0.2) is 0 Å². The Labute approximate surface area is 190 Å². The molecule has 5 heteroatoms. The number of carbonyl (C=O) groups excluding carboxylic acids is 2. The second kappa shape index (κ2) is 9.56. The maximum absolute atomic E-state index is 13.5. The van der Waals surface area contributed by atoms with E-state index in [4.69, 9.17) is 5.26 Å². The number of rotatable bonds is 4. The molecule has 5 nitrogen and oxygen atoms in total. The van der Waals surface area contributed by atoms with Crippen LogP contribution in [0, 0.1) is 23.2 Å². The third-order valence-electron chi connectivity index (χ3n) is 6.62. The van der Waals surface area contributed by atoms with Gasteiger partial charge in [0.15, 0.2) is 0 Å². The summed E-state index contributed by atoms with van der Waals surface area (Å²) in [5, 5.41) is 8.96. The first-order chi connectivity index (χ1) is 15.5. The summed E-state index contributed by atoms with van der Waals surface area (Å²) >= 11 is 0. The first-order valence-corrected chi connectivity index (χ1v) is 11.7. The number of fused-ring (bicyclic) bond motifs is 1. The van der Waals surface area contributed by atoms with Crippen molar-refractivity contribution in [2.24, 2.45) is 11.8 Å². The average molecular weight is 430 g/mol. The summed E-state index contributed by atoms with van der Waals surface area (Å²) in [6.45, 7) is 6.61. The van der Waals surface area contributed by atoms with Crippen molar-refractivity contribution < 1.29 is 9.59 Å². The average Bonchev–Trinajstić information content (AvgIpc) is 2.81. The van der Waals surface area contributed by atoms with Crippen molar-refractivity contribution >= 4 is 17.5 Å². The lowest BCUT2D eigenvalue weighted by Gasteiger charge is -2.37. The molecule has 4 rings (SSSR count). The van der Waals surface area contributed by atoms with Crippen molar-refractivity contribution in [3.8, 4) is 6.07 Å². The second-order valence-electron chi connectivity index (χ2n) is 9.43. The third-order valence-corrected chi connectivity index (χ3v) is 6.62. The van der Waals surface area contributed by atoms with E-state index < -0.39 is 0 Å². The molecule has 0 bridgehead atoms. The largest absolute Gasteiger partial charge is 0.338 e. The Morgan fingerprint density at radius 2 is 1.78 bits per heavy atom. The SMILES string of the molecule is CC1CC(C)CN(C(=O)c2cccc3c2N(C(=O)CCc2ccc(C#N)cc2)CCC3)C1. The molecule has 2 unspecified atom stereocenters. The van der Waals surface area contributed by atoms with Crippen molar-refractivity contribution in [2.75, 3.05) is 24.5 Å². The summed E-state index contributed by atoms with van der Waals surface area (Å²) in [5.41, 5.74) is 4.23. The van der Waals surface area contributed by atoms with E-state index >= 15 is 0 Å². The summed E-state index contributed by atoms with van der Waals surface area (Å²) < 4.78 is 0. The van der Waals surface area contributed by atoms with Crippen LogP contribution in [0.2, 0.25) is 0 Å². The van der Waals surface area contributed by atoms with Gasteiger partial charge < -0.3 is 9.80 Å². The maximum atomic E-state index is 13.5. The molecule has 1 saturated heterocycles. The summed E-state index contributed by atoms with van der Waals surface area (Å²) in [6, 6.07) is 15.4. The van der Waals surface area contributed by atoms with E-state index in [-0.39, 0.29) is 11.8 Å². The summed E-state index contributed by atoms with van der Waals surface area (Å²) in [4.78, 5) is 30.6. The minimum absolute atomic E-state index is 0.0482. The van der Waals surface area contributed by atoms with E-state index in [1.54, 1.807) is 12.1 Å². The van der Waals surface area contributed by atoms with E-state index in [1.807, 2.05) is 40.1 Å². The highest BCUT2D eigenvalue weighted by atomic mass is 16.2. The third kappa shape index (κ3) is 4.70. The molecule has 2 amide bonds. The monoisotopic (exact) mass is 429 g/mol. The molecule has 166 valence electrons. The van der Waals surface area contributed by atoms with Crippen LogP contribution >= 0.6 is 0 Å². The first kappa shape index (κ1) is 22.1. The number of likely N-dealkylation sites (tertiary alicyclic amines) is 1. The van der Waals surface area contributed by atoms with Gasteiger partial charge in [0.25, 0.3) is 5.91 Å². The van der Waals surface area contributed by atoms with Gasteiger partial charge in [-0.15, -0.1) is 0 Å². The van der Waals surface area contributed by atoms with E-state index in [1.165, 1.54) is 0 Å². The predicted molar refractivity (Wildman–Crippen MR) is 125 cm³/mol. The lowest BCUT2D eigenvalue weighted by atomic mass is 9.90. The number of nitriles is 1. The molecule has 0 N–H and O–H groups in total. The van der Waals surface area contributed by atoms with Crippen LogP contribution in [0.5, 0.6) is 0 Å². The molecule has 32 heavy (non-hydrogen) atoms. The Hall–Kier alpha value is -3.13. The summed E-state index contributed by atoms with van der Waals surface area (Å²) in [6.07, 6.45) is 3.95. The normalized spacial score (nSPS) is 20.4. The Morgan fingerprint density at radius 1 is 1.06 bits per heavy atom. The van der Waals surface area contributed by atoms with Crippen molar-refractivity contribution in [3.63, 3.8) is 0 Å². The quantitative estimate of drug-likeness (QED) is 0.714. The van der Waals surface area contributed by atoms with Crippen LogP contribution in [0.1, 0.15) is 60.2 Å². The Balaban J connectivity index is 1.55. The van der Waals surface area contributed by atoms with Crippen molar-refractivity contribution in [2.45, 2.75) is 46.0 Å². The number of anilines is 1. The van der Waals surface area contributed by atoms with E-state index in [0.29, 0.717) is 42.3 Å². The van der Waals surface area contributed by atoms with Crippen molar-refractivity contribution in [1.29, 1.82) is 5.26 Å². The second-order valence-corrected chi connectivity index (χ2v) is 9.43. The molecule has 0 radical (unpaired) electrons. The molecule has 2 aromatic rings. The van der Waals surface area contributed by atoms with Crippen LogP contribution in [-0.4, -0.2) is 36.3 Å². The number of aryl methyl sites for hydroxylation is 2. The number of hydrogen-bond donors (Lipinski definition) is 0. The number of hydrogen-bond acceptors (Lipinski definition) is 3. The number of para-hydroxylation sites is 1. The first-order valence-electron chi connectivity index (χ1n) is 11.7. The Kier molecular flexibility index (Phi) is 6.60. The fraction of sp³-hybridized carbons (Fsp3) is 0.444. The zero-order valence-corrected chi connectivity index (χ0v) is 19.0. The highest BCUT2D eigenvalue weighted by Gasteiger charge is 2.31. The molecule has 2 aromatic carbocycles. The molecule has 2 aliphatic rings. The van der Waals surface area contributed by atoms with Gasteiger partial charge in [0.1, 0.15) is 0 Å². The summed E-state index contributed by atoms with van der Waals surface area (Å²) in [7, 11) is 0. The number of piperidine rings is 1. The van der Waals surface area contributed by atoms with E-state index in [2.05, 4.69) is 19.9 Å². The van der Waals surface area contributed by atoms with Gasteiger partial charge in [-0.1, -0.05) is 38.1 Å². The van der Waals surface area contributed by atoms with Crippen LogP contribution in [0.25, 0.3) is 0 Å². The topological polar surface area (TPSA) is 64.4 Å². The number of carbonyl (C=O) groups is 2. The van der Waals surface area contributed by atoms with E-state index in [0.717, 1.165) is 49.2 Å². The fourth-order valence-electron chi connectivity index (χ4n) is 5.20. The molecule has 2 aliphatic heterocycles. The van der Waals surface area contributed by atoms with Crippen LogP contribution in [0.3, 0.4) is 0 Å². The molecule has 1 fully saturated rings. The van der Waals surface area contributed by atoms with Gasteiger partial charge in [0.05, 0.1) is 22.9 Å². The standard InChI is InChI=1S/C27H31N3O2/c1-19-15-20(2)18-29(17-19)27(32)24-7-3-5-23-6-4-14-30(26(23)24)25(31)13-12-21-8-10-22(16-28)11-9-21/h3,5,7-11,19-20H,4,6,12-15,17-18H2,1-2H3. The molecule has 0 aliphatic carbocycles. The molecular weight excluding hydrogens is 398 g/mol. The number of nitrogens with zero attached hydrogens (tertiary/aromatic N) is 3. The van der Waals surface area contributed by atoms with Crippen LogP contribution in [-0.2, 0) is 17.6 Å². The van der Waals surface area contributed by atoms with Crippen LogP contribution in [0.15, 0.2) is 42.5 Å². The minimum atomic E-state index is 0.0482. The predicted octanol–water partition coefficient (Wildman–Crippen LogP) is 4.59. The molecular formula is C27H31N3O2. The van der Waals surface area contributed by atoms with Crippen molar-refractivity contribution in [3.05, 3.63) is 64.7 Å². The molecule has 2 heterocycles. The highest BCUT2D eigenvalue weighted by Crippen LogP contribution is 2.33. The van der Waals surface area contributed by atoms with Crippen LogP contribution < -0.4 is 4.90 Å². The Morgan fingerprint density at radius 3 is 2.47 bits per heavy atom. The van der Waals surface area contributed by atoms with Gasteiger partial charge >= 0.3 is 0 Å². The zero-order chi connectivity index (χ0) is 22.7. The minimum Gasteiger partial charge on any atom is -0.338 e. The van der Waals surface area contributed by atoms with Crippen LogP contribution in [0.4, 0.5) is 5.69 Å². The molecule has 0 spiro atoms. The fourth-order valence-corrected chi connectivity index (χ4v) is 5.20. The summed E-state index contributed by atoms with van der Waals surface area (Å²) in [5.74, 6) is 1.09. The lowest BCUT2D eigenvalue weighted by molar-refractivity contribution is -0.118. The van der Waals surface area contributed by atoms with Crippen molar-refractivity contribution in [1.82, 2.24) is 4.90 Å². The molecule has 0 saturated carbocycles. The lowest BCUT2D eigenvalue weighted by Crippen LogP contribution is -2.44. The Bertz CT molecular complexity index is 1030. The number of amides is 2. The molecule has 0 aromatic heterocycles. The smallest absolute Gasteiger partial charge is 0.256 e.